The number of rotatable bonds is 10. The maximum Gasteiger partial charge on any atom is 0.303 e. The van der Waals surface area contributed by atoms with Crippen LogP contribution in [-0.4, -0.2) is 28.7 Å². The molecule has 1 aromatic heterocycles. The van der Waals surface area contributed by atoms with Crippen molar-refractivity contribution in [3.63, 3.8) is 0 Å². The van der Waals surface area contributed by atoms with E-state index in [-0.39, 0.29) is 24.0 Å². The number of nitrogens with one attached hydrogen (secondary N) is 1. The predicted molar refractivity (Wildman–Crippen MR) is 78.3 cm³/mol. The maximum absolute atomic E-state index is 11.8. The molecule has 1 rings (SSSR count). The summed E-state index contributed by atoms with van der Waals surface area (Å²) in [5, 5.41) is 15.1. The highest BCUT2D eigenvalue weighted by molar-refractivity contribution is 5.91. The van der Waals surface area contributed by atoms with Crippen molar-refractivity contribution in [2.45, 2.75) is 58.3 Å². The number of hydrogen-bond acceptors (Lipinski definition) is 4. The monoisotopic (exact) mass is 296 g/mol. The Morgan fingerprint density at radius 1 is 1.24 bits per heavy atom. The van der Waals surface area contributed by atoms with Gasteiger partial charge in [0.15, 0.2) is 0 Å². The molecule has 2 N–H and O–H groups in total. The molecule has 0 aliphatic rings. The fourth-order valence-corrected chi connectivity index (χ4v) is 1.89. The van der Waals surface area contributed by atoms with E-state index in [4.69, 9.17) is 9.63 Å². The van der Waals surface area contributed by atoms with Gasteiger partial charge in [-0.25, -0.2) is 0 Å². The minimum Gasteiger partial charge on any atom is -0.481 e. The third-order valence-electron chi connectivity index (χ3n) is 3.20. The zero-order valence-corrected chi connectivity index (χ0v) is 12.7. The lowest BCUT2D eigenvalue weighted by molar-refractivity contribution is -0.137. The van der Waals surface area contributed by atoms with Gasteiger partial charge in [0.2, 0.25) is 5.76 Å². The molecule has 1 amide bonds. The molecule has 0 saturated carbocycles. The van der Waals surface area contributed by atoms with E-state index in [9.17, 15) is 9.59 Å². The van der Waals surface area contributed by atoms with E-state index in [1.54, 1.807) is 6.07 Å². The smallest absolute Gasteiger partial charge is 0.303 e. The van der Waals surface area contributed by atoms with Crippen LogP contribution in [0, 0.1) is 0 Å². The van der Waals surface area contributed by atoms with Crippen molar-refractivity contribution in [1.29, 1.82) is 0 Å². The molecule has 0 radical (unpaired) electrons. The van der Waals surface area contributed by atoms with Crippen LogP contribution in [-0.2, 0) is 4.79 Å². The predicted octanol–water partition coefficient (Wildman–Crippen LogP) is 2.95. The van der Waals surface area contributed by atoms with E-state index in [1.165, 1.54) is 0 Å². The Labute approximate surface area is 124 Å². The molecule has 0 saturated heterocycles. The van der Waals surface area contributed by atoms with Gasteiger partial charge in [-0.05, 0) is 18.8 Å². The van der Waals surface area contributed by atoms with Gasteiger partial charge in [-0.2, -0.15) is 0 Å². The summed E-state index contributed by atoms with van der Waals surface area (Å²) in [7, 11) is 0. The van der Waals surface area contributed by atoms with Gasteiger partial charge in [-0.15, -0.1) is 0 Å². The molecule has 0 aliphatic carbocycles. The first-order valence-corrected chi connectivity index (χ1v) is 7.47. The molecule has 1 aromatic rings. The third kappa shape index (κ3) is 6.92. The van der Waals surface area contributed by atoms with E-state index in [2.05, 4.69) is 10.5 Å². The lowest BCUT2D eigenvalue weighted by atomic mass is 10.1. The van der Waals surface area contributed by atoms with E-state index >= 15 is 0 Å². The Bertz CT molecular complexity index is 454. The zero-order chi connectivity index (χ0) is 15.7. The van der Waals surface area contributed by atoms with Crippen LogP contribution in [0.25, 0.3) is 0 Å². The fraction of sp³-hybridized carbons (Fsp3) is 0.667. The highest BCUT2D eigenvalue weighted by atomic mass is 16.5. The van der Waals surface area contributed by atoms with Crippen molar-refractivity contribution in [2.75, 3.05) is 6.54 Å². The van der Waals surface area contributed by atoms with Crippen LogP contribution in [0.5, 0.6) is 0 Å². The van der Waals surface area contributed by atoms with Gasteiger partial charge in [0.25, 0.3) is 5.91 Å². The molecular weight excluding hydrogens is 272 g/mol. The molecule has 0 atom stereocenters. The van der Waals surface area contributed by atoms with Gasteiger partial charge in [-0.1, -0.05) is 38.3 Å². The largest absolute Gasteiger partial charge is 0.481 e. The lowest BCUT2D eigenvalue weighted by Crippen LogP contribution is -2.23. The number of aliphatic carboxylic acids is 1. The molecule has 6 heteroatoms. The van der Waals surface area contributed by atoms with Crippen molar-refractivity contribution in [3.8, 4) is 0 Å². The topological polar surface area (TPSA) is 92.4 Å². The van der Waals surface area contributed by atoms with Gasteiger partial charge in [0.1, 0.15) is 0 Å². The van der Waals surface area contributed by atoms with Crippen LogP contribution in [0.2, 0.25) is 0 Å². The number of aromatic nitrogens is 1. The van der Waals surface area contributed by atoms with Crippen molar-refractivity contribution >= 4 is 11.9 Å². The molecule has 0 fully saturated rings. The maximum atomic E-state index is 11.8. The number of hydrogen-bond donors (Lipinski definition) is 2. The Morgan fingerprint density at radius 3 is 2.52 bits per heavy atom. The highest BCUT2D eigenvalue weighted by Gasteiger charge is 2.13. The number of carbonyl (C=O) groups is 2. The number of carboxylic acids is 1. The Morgan fingerprint density at radius 2 is 1.90 bits per heavy atom. The molecule has 6 nitrogen and oxygen atoms in total. The Hall–Kier alpha value is -1.85. The second-order valence-corrected chi connectivity index (χ2v) is 5.44. The molecule has 118 valence electrons. The van der Waals surface area contributed by atoms with Gasteiger partial charge in [-0.3, -0.25) is 9.59 Å². The molecule has 0 spiro atoms. The van der Waals surface area contributed by atoms with Crippen molar-refractivity contribution in [3.05, 3.63) is 17.5 Å². The molecule has 0 aromatic carbocycles. The Balaban J connectivity index is 2.09. The quantitative estimate of drug-likeness (QED) is 0.647. The summed E-state index contributed by atoms with van der Waals surface area (Å²) < 4.78 is 5.00. The molecule has 0 unspecified atom stereocenters. The average molecular weight is 296 g/mol. The summed E-state index contributed by atoms with van der Waals surface area (Å²) in [6.45, 7) is 4.57. The standard InChI is InChI=1S/C15H24N2O4/c1-11(2)12-10-13(21-17-12)15(20)16-9-7-5-3-4-6-8-14(18)19/h10-11H,3-9H2,1-2H3,(H,16,20)(H,18,19). The summed E-state index contributed by atoms with van der Waals surface area (Å²) in [6, 6.07) is 1.67. The van der Waals surface area contributed by atoms with Crippen molar-refractivity contribution in [2.24, 2.45) is 0 Å². The number of nitrogens with zero attached hydrogens (tertiary/aromatic N) is 1. The van der Waals surface area contributed by atoms with Gasteiger partial charge >= 0.3 is 5.97 Å². The highest BCUT2D eigenvalue weighted by Crippen LogP contribution is 2.13. The lowest BCUT2D eigenvalue weighted by Gasteiger charge is -2.02. The number of unbranched alkanes of at least 4 members (excludes halogenated alkanes) is 4. The number of amides is 1. The summed E-state index contributed by atoms with van der Waals surface area (Å²) in [5.41, 5.74) is 0.776. The molecule has 1 heterocycles. The average Bonchev–Trinajstić information content (AvgIpc) is 2.91. The number of carbonyl (C=O) groups excluding carboxylic acids is 1. The van der Waals surface area contributed by atoms with Crippen LogP contribution in [0.4, 0.5) is 0 Å². The zero-order valence-electron chi connectivity index (χ0n) is 12.7. The van der Waals surface area contributed by atoms with E-state index < -0.39 is 5.97 Å². The summed E-state index contributed by atoms with van der Waals surface area (Å²) in [6.07, 6.45) is 4.72. The van der Waals surface area contributed by atoms with E-state index in [1.807, 2.05) is 13.8 Å². The van der Waals surface area contributed by atoms with E-state index in [0.717, 1.165) is 37.8 Å². The first-order valence-electron chi connectivity index (χ1n) is 7.47. The van der Waals surface area contributed by atoms with Gasteiger partial charge < -0.3 is 14.9 Å². The van der Waals surface area contributed by atoms with Crippen LogP contribution >= 0.6 is 0 Å². The van der Waals surface area contributed by atoms with Crippen LogP contribution < -0.4 is 5.32 Å². The van der Waals surface area contributed by atoms with Gasteiger partial charge in [0.05, 0.1) is 5.69 Å². The summed E-state index contributed by atoms with van der Waals surface area (Å²) in [5.74, 6) is -0.489. The summed E-state index contributed by atoms with van der Waals surface area (Å²) in [4.78, 5) is 22.1. The fourth-order valence-electron chi connectivity index (χ4n) is 1.89. The van der Waals surface area contributed by atoms with Crippen LogP contribution in [0.1, 0.15) is 74.5 Å². The Kier molecular flexibility index (Phi) is 7.50. The van der Waals surface area contributed by atoms with Crippen LogP contribution in [0.3, 0.4) is 0 Å². The number of carboxylic acid groups (broad SMARTS) is 1. The van der Waals surface area contributed by atoms with Crippen molar-refractivity contribution < 1.29 is 19.2 Å². The second kappa shape index (κ2) is 9.15. The van der Waals surface area contributed by atoms with Crippen molar-refractivity contribution in [1.82, 2.24) is 10.5 Å². The molecule has 0 bridgehead atoms. The first-order chi connectivity index (χ1) is 10.0. The van der Waals surface area contributed by atoms with E-state index in [0.29, 0.717) is 6.54 Å². The molecule has 21 heavy (non-hydrogen) atoms. The first kappa shape index (κ1) is 17.2. The minimum absolute atomic E-state index is 0.236. The second-order valence-electron chi connectivity index (χ2n) is 5.44. The molecule has 0 aliphatic heterocycles. The van der Waals surface area contributed by atoms with Gasteiger partial charge in [0, 0.05) is 19.0 Å². The van der Waals surface area contributed by atoms with Crippen LogP contribution in [0.15, 0.2) is 10.6 Å². The molecular formula is C15H24N2O4. The summed E-state index contributed by atoms with van der Waals surface area (Å²) >= 11 is 0. The minimum atomic E-state index is -0.741. The normalized spacial score (nSPS) is 10.8. The SMILES string of the molecule is CC(C)c1cc(C(=O)NCCCCCCCC(=O)O)on1. The third-order valence-corrected chi connectivity index (χ3v) is 3.20.